The molecule has 8 bridgehead atoms. The number of nitrogens with zero attached hydrogens (tertiary/aromatic N) is 2. The largest absolute Gasteiger partial charge is 0.542 e. The Kier molecular flexibility index (Phi) is 12.5. The van der Waals surface area contributed by atoms with Crippen LogP contribution >= 0.6 is 0 Å². The quantitative estimate of drug-likeness (QED) is 0.189. The minimum absolute atomic E-state index is 0.742. The molecule has 4 aliphatic rings. The van der Waals surface area contributed by atoms with Crippen molar-refractivity contribution in [2.24, 2.45) is 0 Å². The summed E-state index contributed by atoms with van der Waals surface area (Å²) in [5.41, 5.74) is 9.42. The van der Waals surface area contributed by atoms with Crippen LogP contribution in [0, 0.1) is 0 Å². The fourth-order valence-corrected chi connectivity index (χ4v) is 5.85. The van der Waals surface area contributed by atoms with Crippen molar-refractivity contribution < 1.29 is 64.8 Å². The summed E-state index contributed by atoms with van der Waals surface area (Å²) in [6.07, 6.45) is -6.05. The molecule has 10 rings (SSSR count). The highest BCUT2D eigenvalue weighted by Crippen LogP contribution is 2.28. The Bertz CT molecular complexity index is 2190. The lowest BCUT2D eigenvalue weighted by atomic mass is 10.1. The van der Waals surface area contributed by atoms with E-state index >= 15 is 0 Å². The SMILES string of the molecule is COc1ccc2c3cc[n+](c2c1)Cc1cccc(c1)C[n+]1ccc(c2ccc(OC)cc21)NCc1ccc(cc1)CN3.O=C([O-])C(F)(F)F.O=C([O-])C(F)(F)F. The summed E-state index contributed by atoms with van der Waals surface area (Å²) in [6, 6.07) is 34.6. The van der Waals surface area contributed by atoms with Crippen LogP contribution in [0.1, 0.15) is 22.3 Å². The van der Waals surface area contributed by atoms with Gasteiger partial charge in [0.25, 0.3) is 0 Å². The average molecular weight is 781 g/mol. The van der Waals surface area contributed by atoms with Gasteiger partial charge in [-0.1, -0.05) is 42.5 Å². The van der Waals surface area contributed by atoms with Crippen molar-refractivity contribution in [1.82, 2.24) is 0 Å². The molecule has 4 aliphatic heterocycles. The van der Waals surface area contributed by atoms with E-state index in [1.54, 1.807) is 14.2 Å². The van der Waals surface area contributed by atoms with Crippen LogP contribution in [0.4, 0.5) is 37.7 Å². The second kappa shape index (κ2) is 17.3. The van der Waals surface area contributed by atoms with E-state index < -0.39 is 24.3 Å². The lowest BCUT2D eigenvalue weighted by molar-refractivity contribution is -0.663. The maximum atomic E-state index is 10.5. The smallest absolute Gasteiger partial charge is 0.430 e. The number of halogens is 6. The first-order valence-corrected chi connectivity index (χ1v) is 16.8. The summed E-state index contributed by atoms with van der Waals surface area (Å²) >= 11 is 0. The minimum Gasteiger partial charge on any atom is -0.542 e. The molecule has 0 saturated heterocycles. The Labute approximate surface area is 316 Å². The number of ether oxygens (including phenoxy) is 2. The number of alkyl halides is 6. The van der Waals surface area contributed by atoms with E-state index in [-0.39, 0.29) is 0 Å². The number of carboxylic acids is 2. The van der Waals surface area contributed by atoms with Crippen LogP contribution in [0.15, 0.2) is 109 Å². The van der Waals surface area contributed by atoms with Crippen molar-refractivity contribution in [3.05, 3.63) is 132 Å². The molecule has 2 N–H and O–H groups in total. The van der Waals surface area contributed by atoms with Gasteiger partial charge >= 0.3 is 12.4 Å². The number of rotatable bonds is 2. The Morgan fingerprint density at radius 3 is 1.29 bits per heavy atom. The molecular formula is C40H34F6N4O6. The molecule has 2 aromatic heterocycles. The lowest BCUT2D eigenvalue weighted by Crippen LogP contribution is -2.37. The van der Waals surface area contributed by atoms with Gasteiger partial charge in [0.1, 0.15) is 23.4 Å². The number of anilines is 2. The zero-order valence-corrected chi connectivity index (χ0v) is 29.8. The van der Waals surface area contributed by atoms with Crippen LogP contribution in [-0.4, -0.2) is 38.5 Å². The van der Waals surface area contributed by atoms with Crippen molar-refractivity contribution in [2.75, 3.05) is 24.9 Å². The van der Waals surface area contributed by atoms with Gasteiger partial charge in [0.15, 0.2) is 25.5 Å². The van der Waals surface area contributed by atoms with Crippen molar-refractivity contribution in [1.29, 1.82) is 0 Å². The van der Waals surface area contributed by atoms with E-state index in [2.05, 4.69) is 117 Å². The number of methoxy groups -OCH3 is 2. The molecule has 0 fully saturated rings. The van der Waals surface area contributed by atoms with Crippen LogP contribution in [0.2, 0.25) is 0 Å². The highest BCUT2D eigenvalue weighted by atomic mass is 19.4. The number of carbonyl (C=O) groups excluding carboxylic acids is 2. The number of hydrogen-bond donors (Lipinski definition) is 2. The van der Waals surface area contributed by atoms with Crippen LogP contribution in [0.25, 0.3) is 21.8 Å². The molecule has 6 heterocycles. The third kappa shape index (κ3) is 10.3. The van der Waals surface area contributed by atoms with E-state index in [0.717, 1.165) is 70.9 Å². The number of nitrogens with one attached hydrogen (secondary N) is 2. The van der Waals surface area contributed by atoms with Gasteiger partial charge in [-0.25, -0.2) is 0 Å². The standard InChI is InChI=1S/C36H32N4O2.2C2HF3O2/c1-41-29-10-12-31-33-14-16-39(35(31)19-29)23-27-4-3-5-28(18-27)24-40-17-15-34(32-13-11-30(42-2)20-36(32)40)38-22-26-8-6-25(7-9-26)21-37-33;2*3-2(4,5)1(6)7/h3-20H,21-24H2,1-2H3;2*(H,6,7). The van der Waals surface area contributed by atoms with Crippen LogP contribution < -0.4 is 39.5 Å². The number of aromatic nitrogens is 2. The number of fused-ring (bicyclic) bond motifs is 1. The van der Waals surface area contributed by atoms with E-state index in [0.29, 0.717) is 0 Å². The number of carbonyl (C=O) groups is 2. The first-order chi connectivity index (χ1) is 26.5. The molecular weight excluding hydrogens is 746 g/mol. The van der Waals surface area contributed by atoms with Crippen LogP contribution in [-0.2, 0) is 35.8 Å². The molecule has 10 nitrogen and oxygen atoms in total. The highest BCUT2D eigenvalue weighted by molar-refractivity contribution is 5.90. The van der Waals surface area contributed by atoms with Crippen molar-refractivity contribution in [3.63, 3.8) is 0 Å². The number of hydrogen-bond acceptors (Lipinski definition) is 8. The maximum absolute atomic E-state index is 10.5. The van der Waals surface area contributed by atoms with Gasteiger partial charge in [0, 0.05) is 36.3 Å². The topological polar surface area (TPSA) is 131 Å². The van der Waals surface area contributed by atoms with Gasteiger partial charge in [-0.2, -0.15) is 35.5 Å². The Morgan fingerprint density at radius 1 is 0.571 bits per heavy atom. The number of benzene rings is 4. The van der Waals surface area contributed by atoms with E-state index in [1.807, 2.05) is 12.1 Å². The molecule has 292 valence electrons. The first-order valence-electron chi connectivity index (χ1n) is 16.8. The van der Waals surface area contributed by atoms with Crippen molar-refractivity contribution in [3.8, 4) is 11.5 Å². The molecule has 56 heavy (non-hydrogen) atoms. The van der Waals surface area contributed by atoms with E-state index in [1.165, 1.54) is 22.3 Å². The maximum Gasteiger partial charge on any atom is 0.430 e. The predicted octanol–water partition coefficient (Wildman–Crippen LogP) is 4.82. The molecule has 16 heteroatoms. The van der Waals surface area contributed by atoms with Gasteiger partial charge in [0.2, 0.25) is 11.0 Å². The molecule has 0 aliphatic carbocycles. The molecule has 6 aromatic rings. The second-order valence-electron chi connectivity index (χ2n) is 12.4. The van der Waals surface area contributed by atoms with E-state index in [4.69, 9.17) is 29.3 Å². The average Bonchev–Trinajstić information content (AvgIpc) is 3.17. The van der Waals surface area contributed by atoms with Crippen molar-refractivity contribution in [2.45, 2.75) is 38.5 Å². The summed E-state index contributed by atoms with van der Waals surface area (Å²) in [6.45, 7) is 2.99. The molecule has 0 amide bonds. The van der Waals surface area contributed by atoms with Gasteiger partial charge in [-0.15, -0.1) is 0 Å². The van der Waals surface area contributed by atoms with Gasteiger partial charge in [-0.3, -0.25) is 0 Å². The fraction of sp³-hybridized carbons (Fsp3) is 0.200. The second-order valence-corrected chi connectivity index (χ2v) is 12.4. The number of pyridine rings is 2. The monoisotopic (exact) mass is 780 g/mol. The summed E-state index contributed by atoms with van der Waals surface area (Å²) < 4.78 is 78.9. The first kappa shape index (κ1) is 40.6. The predicted molar refractivity (Wildman–Crippen MR) is 189 cm³/mol. The number of aliphatic carboxylic acids is 2. The summed E-state index contributed by atoms with van der Waals surface area (Å²) in [5, 5.41) is 27.2. The van der Waals surface area contributed by atoms with Crippen LogP contribution in [0.5, 0.6) is 11.5 Å². The van der Waals surface area contributed by atoms with Crippen LogP contribution in [0.3, 0.4) is 0 Å². The van der Waals surface area contributed by atoms with E-state index in [9.17, 15) is 26.3 Å². The zero-order chi connectivity index (χ0) is 40.6. The summed E-state index contributed by atoms with van der Waals surface area (Å²) in [7, 11) is 3.44. The summed E-state index contributed by atoms with van der Waals surface area (Å²) in [4.78, 5) is 17.6. The highest BCUT2D eigenvalue weighted by Gasteiger charge is 2.29. The lowest BCUT2D eigenvalue weighted by Gasteiger charge is -2.12. The zero-order valence-electron chi connectivity index (χ0n) is 29.8. The Morgan fingerprint density at radius 2 is 0.946 bits per heavy atom. The normalized spacial score (nSPS) is 12.6. The van der Waals surface area contributed by atoms with Gasteiger partial charge < -0.3 is 39.9 Å². The van der Waals surface area contributed by atoms with Crippen molar-refractivity contribution >= 4 is 45.1 Å². The van der Waals surface area contributed by atoms with Gasteiger partial charge in [-0.05, 0) is 41.5 Å². The van der Waals surface area contributed by atoms with Gasteiger partial charge in [0.05, 0.1) is 48.5 Å². The minimum atomic E-state index is -5.19. The Balaban J connectivity index is 0.000000367. The molecule has 4 aromatic carbocycles. The summed E-state index contributed by atoms with van der Waals surface area (Å²) in [5.74, 6) is -4.32. The molecule has 0 radical (unpaired) electrons. The third-order valence-electron chi connectivity index (χ3n) is 8.60. The molecule has 0 atom stereocenters. The molecule has 0 saturated carbocycles. The third-order valence-corrected chi connectivity index (χ3v) is 8.60. The molecule has 0 spiro atoms. The molecule has 0 unspecified atom stereocenters. The fourth-order valence-electron chi connectivity index (χ4n) is 5.85. The Hall–Kier alpha value is -6.58. The number of carboxylic acid groups (broad SMARTS) is 2.